The number of benzene rings is 1. The van der Waals surface area contributed by atoms with E-state index in [1.165, 1.54) is 15.6 Å². The van der Waals surface area contributed by atoms with Crippen LogP contribution in [0.3, 0.4) is 0 Å². The fraction of sp³-hybridized carbons (Fsp3) is 0.357. The van der Waals surface area contributed by atoms with E-state index < -0.39 is 0 Å². The lowest BCUT2D eigenvalue weighted by molar-refractivity contribution is 0.771. The van der Waals surface area contributed by atoms with Gasteiger partial charge in [0.1, 0.15) is 0 Å². The normalized spacial score (nSPS) is 10.7. The first-order valence-corrected chi connectivity index (χ1v) is 6.88. The summed E-state index contributed by atoms with van der Waals surface area (Å²) in [4.78, 5) is 4.50. The van der Waals surface area contributed by atoms with E-state index in [4.69, 9.17) is 0 Å². The van der Waals surface area contributed by atoms with Crippen molar-refractivity contribution in [3.8, 4) is 0 Å². The van der Waals surface area contributed by atoms with Gasteiger partial charge in [-0.15, -0.1) is 0 Å². The molecule has 1 heterocycles. The Hall–Kier alpha value is -1.29. The summed E-state index contributed by atoms with van der Waals surface area (Å²) in [6.07, 6.45) is 2.06. The van der Waals surface area contributed by atoms with Gasteiger partial charge in [0.05, 0.1) is 5.69 Å². The molecule has 0 amide bonds. The molecule has 0 saturated carbocycles. The van der Waals surface area contributed by atoms with Gasteiger partial charge in [0, 0.05) is 22.9 Å². The molecule has 0 radical (unpaired) electrons. The Balaban J connectivity index is 2.34. The Kier molecular flexibility index (Phi) is 3.76. The zero-order valence-corrected chi connectivity index (χ0v) is 12.8. The standard InChI is InChI=1S/C14H18BrN3/c1-5-18-8-11(4)16-14(18)17-12-6-9(2)13(15)10(3)7-12/h6-8H,5H2,1-4H3,(H,16,17). The third-order valence-corrected chi connectivity index (χ3v) is 4.18. The van der Waals surface area contributed by atoms with Crippen LogP contribution in [0.4, 0.5) is 11.6 Å². The van der Waals surface area contributed by atoms with Gasteiger partial charge >= 0.3 is 0 Å². The molecule has 4 heteroatoms. The van der Waals surface area contributed by atoms with Crippen LogP contribution in [0.15, 0.2) is 22.8 Å². The summed E-state index contributed by atoms with van der Waals surface area (Å²) >= 11 is 3.58. The van der Waals surface area contributed by atoms with Crippen LogP contribution >= 0.6 is 15.9 Å². The van der Waals surface area contributed by atoms with E-state index in [-0.39, 0.29) is 0 Å². The van der Waals surface area contributed by atoms with Crippen LogP contribution in [-0.2, 0) is 6.54 Å². The first-order valence-electron chi connectivity index (χ1n) is 6.08. The van der Waals surface area contributed by atoms with Gasteiger partial charge < -0.3 is 9.88 Å². The maximum atomic E-state index is 4.50. The minimum Gasteiger partial charge on any atom is -0.326 e. The van der Waals surface area contributed by atoms with Crippen LogP contribution in [0, 0.1) is 20.8 Å². The summed E-state index contributed by atoms with van der Waals surface area (Å²) in [5, 5.41) is 3.38. The summed E-state index contributed by atoms with van der Waals surface area (Å²) in [5.74, 6) is 0.899. The molecule has 1 N–H and O–H groups in total. The number of anilines is 2. The second-order valence-corrected chi connectivity index (χ2v) is 5.33. The summed E-state index contributed by atoms with van der Waals surface area (Å²) in [5.41, 5.74) is 4.56. The summed E-state index contributed by atoms with van der Waals surface area (Å²) in [7, 11) is 0. The average Bonchev–Trinajstić information content (AvgIpc) is 2.66. The van der Waals surface area contributed by atoms with Crippen molar-refractivity contribution in [2.24, 2.45) is 0 Å². The number of hydrogen-bond donors (Lipinski definition) is 1. The lowest BCUT2D eigenvalue weighted by Crippen LogP contribution is -2.02. The molecule has 18 heavy (non-hydrogen) atoms. The van der Waals surface area contributed by atoms with E-state index in [1.807, 2.05) is 6.92 Å². The fourth-order valence-corrected chi connectivity index (χ4v) is 2.26. The smallest absolute Gasteiger partial charge is 0.207 e. The molecule has 2 aromatic rings. The van der Waals surface area contributed by atoms with Crippen molar-refractivity contribution < 1.29 is 0 Å². The molecule has 1 aromatic carbocycles. The minimum atomic E-state index is 0.899. The van der Waals surface area contributed by atoms with Crippen LogP contribution < -0.4 is 5.32 Å². The first kappa shape index (κ1) is 13.1. The van der Waals surface area contributed by atoms with E-state index in [0.717, 1.165) is 23.9 Å². The van der Waals surface area contributed by atoms with Crippen molar-refractivity contribution in [1.29, 1.82) is 0 Å². The number of aryl methyl sites for hydroxylation is 4. The second kappa shape index (κ2) is 5.14. The number of rotatable bonds is 3. The third kappa shape index (κ3) is 2.58. The number of hydrogen-bond acceptors (Lipinski definition) is 2. The molecule has 0 atom stereocenters. The predicted molar refractivity (Wildman–Crippen MR) is 79.5 cm³/mol. The van der Waals surface area contributed by atoms with Crippen LogP contribution in [0.2, 0.25) is 0 Å². The van der Waals surface area contributed by atoms with Gasteiger partial charge in [-0.25, -0.2) is 4.98 Å². The Labute approximate surface area is 116 Å². The van der Waals surface area contributed by atoms with Crippen molar-refractivity contribution in [1.82, 2.24) is 9.55 Å². The number of imidazole rings is 1. The van der Waals surface area contributed by atoms with Crippen LogP contribution in [-0.4, -0.2) is 9.55 Å². The number of nitrogens with zero attached hydrogens (tertiary/aromatic N) is 2. The molecule has 96 valence electrons. The lowest BCUT2D eigenvalue weighted by Gasteiger charge is -2.11. The molecule has 0 aliphatic rings. The summed E-state index contributed by atoms with van der Waals surface area (Å²) in [6.45, 7) is 9.23. The molecule has 0 unspecified atom stereocenters. The zero-order valence-electron chi connectivity index (χ0n) is 11.2. The third-order valence-electron chi connectivity index (χ3n) is 2.93. The molecular formula is C14H18BrN3. The minimum absolute atomic E-state index is 0.899. The van der Waals surface area contributed by atoms with E-state index in [1.54, 1.807) is 0 Å². The van der Waals surface area contributed by atoms with Crippen molar-refractivity contribution >= 4 is 27.6 Å². The summed E-state index contributed by atoms with van der Waals surface area (Å²) in [6, 6.07) is 4.25. The van der Waals surface area contributed by atoms with Crippen LogP contribution in [0.5, 0.6) is 0 Å². The highest BCUT2D eigenvalue weighted by Gasteiger charge is 2.07. The molecule has 0 fully saturated rings. The van der Waals surface area contributed by atoms with Crippen molar-refractivity contribution in [3.63, 3.8) is 0 Å². The van der Waals surface area contributed by atoms with E-state index in [2.05, 4.69) is 69.9 Å². The van der Waals surface area contributed by atoms with Gasteiger partial charge in [0.2, 0.25) is 5.95 Å². The first-order chi connectivity index (χ1) is 8.51. The van der Waals surface area contributed by atoms with Crippen molar-refractivity contribution in [3.05, 3.63) is 39.6 Å². The highest BCUT2D eigenvalue weighted by atomic mass is 79.9. The molecule has 0 bridgehead atoms. The van der Waals surface area contributed by atoms with Crippen molar-refractivity contribution in [2.75, 3.05) is 5.32 Å². The Bertz CT molecular complexity index is 549. The highest BCUT2D eigenvalue weighted by Crippen LogP contribution is 2.26. The molecule has 0 saturated heterocycles. The Morgan fingerprint density at radius 2 is 1.83 bits per heavy atom. The van der Waals surface area contributed by atoms with E-state index >= 15 is 0 Å². The molecule has 2 rings (SSSR count). The maximum absolute atomic E-state index is 4.50. The maximum Gasteiger partial charge on any atom is 0.207 e. The fourth-order valence-electron chi connectivity index (χ4n) is 2.03. The van der Waals surface area contributed by atoms with E-state index in [9.17, 15) is 0 Å². The van der Waals surface area contributed by atoms with Gasteiger partial charge in [-0.1, -0.05) is 15.9 Å². The number of nitrogens with one attached hydrogen (secondary N) is 1. The van der Waals surface area contributed by atoms with Gasteiger partial charge in [-0.2, -0.15) is 0 Å². The van der Waals surface area contributed by atoms with Gasteiger partial charge in [0.15, 0.2) is 0 Å². The largest absolute Gasteiger partial charge is 0.326 e. The quantitative estimate of drug-likeness (QED) is 0.914. The molecule has 0 aliphatic carbocycles. The topological polar surface area (TPSA) is 29.9 Å². The highest BCUT2D eigenvalue weighted by molar-refractivity contribution is 9.10. The molecule has 0 aliphatic heterocycles. The monoisotopic (exact) mass is 307 g/mol. The number of aromatic nitrogens is 2. The Morgan fingerprint density at radius 3 is 2.39 bits per heavy atom. The van der Waals surface area contributed by atoms with Gasteiger partial charge in [-0.3, -0.25) is 0 Å². The predicted octanol–water partition coefficient (Wildman–Crippen LogP) is 4.33. The average molecular weight is 308 g/mol. The molecule has 1 aromatic heterocycles. The molecule has 3 nitrogen and oxygen atoms in total. The van der Waals surface area contributed by atoms with Crippen molar-refractivity contribution in [2.45, 2.75) is 34.2 Å². The lowest BCUT2D eigenvalue weighted by atomic mass is 10.1. The van der Waals surface area contributed by atoms with E-state index in [0.29, 0.717) is 0 Å². The SMILES string of the molecule is CCn1cc(C)nc1Nc1cc(C)c(Br)c(C)c1. The van der Waals surface area contributed by atoms with Crippen LogP contribution in [0.25, 0.3) is 0 Å². The van der Waals surface area contributed by atoms with Gasteiger partial charge in [-0.05, 0) is 51.0 Å². The second-order valence-electron chi connectivity index (χ2n) is 4.54. The molecular weight excluding hydrogens is 290 g/mol. The zero-order chi connectivity index (χ0) is 13.3. The van der Waals surface area contributed by atoms with Crippen LogP contribution in [0.1, 0.15) is 23.7 Å². The Morgan fingerprint density at radius 1 is 1.22 bits per heavy atom. The molecule has 0 spiro atoms. The summed E-state index contributed by atoms with van der Waals surface area (Å²) < 4.78 is 3.28. The van der Waals surface area contributed by atoms with Gasteiger partial charge in [0.25, 0.3) is 0 Å². The number of halogens is 1.